The number of hydrogen-bond donors (Lipinski definition) is 3. The second kappa shape index (κ2) is 15.9. The Morgan fingerprint density at radius 1 is 1.11 bits per heavy atom. The summed E-state index contributed by atoms with van der Waals surface area (Å²) in [4.78, 5) is 30.0. The monoisotopic (exact) mass is 374 g/mol. The summed E-state index contributed by atoms with van der Waals surface area (Å²) in [5.41, 5.74) is 0. The molecule has 0 radical (unpaired) electrons. The fraction of sp³-hybridized carbons (Fsp3) is 0.833. The first-order valence-corrected chi connectivity index (χ1v) is 5.50. The van der Waals surface area contributed by atoms with Crippen LogP contribution in [0.3, 0.4) is 0 Å². The average molecular weight is 374 g/mol. The second-order valence-corrected chi connectivity index (χ2v) is 4.10. The first-order chi connectivity index (χ1) is 7.13. The van der Waals surface area contributed by atoms with Gasteiger partial charge in [0, 0.05) is 12.4 Å². The van der Waals surface area contributed by atoms with E-state index in [-0.39, 0.29) is 154 Å². The summed E-state index contributed by atoms with van der Waals surface area (Å²) >= 11 is 0. The van der Waals surface area contributed by atoms with Crippen molar-refractivity contribution < 1.29 is 198 Å². The van der Waals surface area contributed by atoms with Crippen molar-refractivity contribution >= 4 is 13.8 Å². The summed E-state index contributed by atoms with van der Waals surface area (Å²) in [5.74, 6) is -1.67. The molecule has 0 unspecified atom stereocenters. The van der Waals surface area contributed by atoms with Crippen molar-refractivity contribution in [2.24, 2.45) is 0 Å². The Morgan fingerprint density at radius 2 is 1.53 bits per heavy atom. The Hall–Kier alpha value is 4.37. The summed E-state index contributed by atoms with van der Waals surface area (Å²) in [6.07, 6.45) is -6.69. The molecule has 13 heteroatoms. The normalized spacial score (nSPS) is 15.0. The number of carbonyl (C=O) groups excluding carboxylic acids is 1. The van der Waals surface area contributed by atoms with Gasteiger partial charge in [-0.05, 0) is 0 Å². The molecule has 3 atom stereocenters. The van der Waals surface area contributed by atoms with Crippen LogP contribution in [0.1, 0.15) is 6.42 Å². The molecule has 0 fully saturated rings. The minimum Gasteiger partial charge on any atom is -0.790 e. The number of carboxylic acid groups (broad SMARTS) is 1. The standard InChI is InChI=1S/C6H13O9P.3K/c7-3(1-5(9)10)6(11)4(8)2-15-16(12,13)14;;;/h3-4,6-8,11H,1-2H2,(H,9,10)(H2,12,13,14);;;/q;3*+1/p-3/t3-,4-,6+;;;/m1.../s1. The molecular formula is C6H10K3O9P. The van der Waals surface area contributed by atoms with Gasteiger partial charge in [-0.15, -0.1) is 0 Å². The first-order valence-electron chi connectivity index (χ1n) is 4.04. The van der Waals surface area contributed by atoms with Gasteiger partial charge in [-0.2, -0.15) is 0 Å². The fourth-order valence-corrected chi connectivity index (χ4v) is 1.15. The van der Waals surface area contributed by atoms with Crippen molar-refractivity contribution in [3.05, 3.63) is 0 Å². The average Bonchev–Trinajstić information content (AvgIpc) is 2.10. The van der Waals surface area contributed by atoms with E-state index in [9.17, 15) is 24.3 Å². The number of aliphatic carboxylic acids is 1. The van der Waals surface area contributed by atoms with Crippen LogP contribution in [-0.2, 0) is 13.9 Å². The van der Waals surface area contributed by atoms with Gasteiger partial charge in [-0.1, -0.05) is 0 Å². The molecule has 0 rings (SSSR count). The molecule has 0 aliphatic rings. The Labute approximate surface area is 237 Å². The number of phosphoric acid groups is 1. The number of rotatable bonds is 7. The fourth-order valence-electron chi connectivity index (χ4n) is 0.814. The van der Waals surface area contributed by atoms with E-state index in [2.05, 4.69) is 4.52 Å². The third kappa shape index (κ3) is 18.5. The van der Waals surface area contributed by atoms with E-state index in [1.165, 1.54) is 0 Å². The molecule has 0 amide bonds. The predicted molar refractivity (Wildman–Crippen MR) is 41.2 cm³/mol. The molecule has 0 heterocycles. The molecule has 3 N–H and O–H groups in total. The molecule has 0 aliphatic carbocycles. The molecule has 19 heavy (non-hydrogen) atoms. The minimum absolute atomic E-state index is 0. The third-order valence-electron chi connectivity index (χ3n) is 1.57. The minimum atomic E-state index is -5.30. The van der Waals surface area contributed by atoms with Crippen molar-refractivity contribution in [2.45, 2.75) is 24.7 Å². The van der Waals surface area contributed by atoms with Crippen molar-refractivity contribution in [1.82, 2.24) is 0 Å². The van der Waals surface area contributed by atoms with Gasteiger partial charge in [0.1, 0.15) is 12.2 Å². The smallest absolute Gasteiger partial charge is 0.790 e. The van der Waals surface area contributed by atoms with Gasteiger partial charge in [0.05, 0.1) is 20.5 Å². The number of carbonyl (C=O) groups is 1. The summed E-state index contributed by atoms with van der Waals surface area (Å²) < 4.78 is 13.6. The maximum Gasteiger partial charge on any atom is 1.00 e. The van der Waals surface area contributed by atoms with Gasteiger partial charge in [-0.3, -0.25) is 0 Å². The number of hydrogen-bond acceptors (Lipinski definition) is 9. The summed E-state index contributed by atoms with van der Waals surface area (Å²) in [6.45, 7) is -1.07. The maximum absolute atomic E-state index is 10.0. The van der Waals surface area contributed by atoms with E-state index in [4.69, 9.17) is 15.3 Å². The van der Waals surface area contributed by atoms with Crippen molar-refractivity contribution in [2.75, 3.05) is 6.61 Å². The largest absolute Gasteiger partial charge is 1.00 e. The van der Waals surface area contributed by atoms with Crippen LogP contribution in [0.2, 0.25) is 0 Å². The van der Waals surface area contributed by atoms with Crippen LogP contribution in [0.4, 0.5) is 0 Å². The number of carboxylic acids is 1. The van der Waals surface area contributed by atoms with Crippen molar-refractivity contribution in [3.63, 3.8) is 0 Å². The van der Waals surface area contributed by atoms with Gasteiger partial charge in [-0.25, -0.2) is 0 Å². The molecular weight excluding hydrogens is 364 g/mol. The van der Waals surface area contributed by atoms with Crippen molar-refractivity contribution in [3.8, 4) is 0 Å². The van der Waals surface area contributed by atoms with Crippen LogP contribution in [0.25, 0.3) is 0 Å². The first kappa shape index (κ1) is 31.2. The van der Waals surface area contributed by atoms with E-state index < -0.39 is 45.1 Å². The van der Waals surface area contributed by atoms with Crippen molar-refractivity contribution in [1.29, 1.82) is 0 Å². The Balaban J connectivity index is -0.000000375. The molecule has 0 aromatic carbocycles. The van der Waals surface area contributed by atoms with Gasteiger partial charge in [0.25, 0.3) is 0 Å². The van der Waals surface area contributed by atoms with Gasteiger partial charge >= 0.3 is 154 Å². The molecule has 0 aromatic heterocycles. The van der Waals surface area contributed by atoms with Crippen LogP contribution in [-0.4, -0.2) is 46.2 Å². The molecule has 0 aliphatic heterocycles. The maximum atomic E-state index is 10.0. The van der Waals surface area contributed by atoms with E-state index in [0.717, 1.165) is 0 Å². The molecule has 0 aromatic rings. The Bertz CT molecular complexity index is 285. The number of aliphatic hydroxyl groups is 3. The molecule has 0 spiro atoms. The summed E-state index contributed by atoms with van der Waals surface area (Å²) in [7, 11) is -5.30. The predicted octanol–water partition coefficient (Wildman–Crippen LogP) is -13.9. The van der Waals surface area contributed by atoms with E-state index in [1.54, 1.807) is 0 Å². The second-order valence-electron chi connectivity index (χ2n) is 2.94. The quantitative estimate of drug-likeness (QED) is 0.289. The van der Waals surface area contributed by atoms with E-state index in [1.807, 2.05) is 0 Å². The van der Waals surface area contributed by atoms with Gasteiger partial charge in [0.2, 0.25) is 0 Å². The zero-order valence-electron chi connectivity index (χ0n) is 10.9. The zero-order chi connectivity index (χ0) is 12.9. The topological polar surface area (TPSA) is 173 Å². The third-order valence-corrected chi connectivity index (χ3v) is 2.03. The number of aliphatic hydroxyl groups excluding tert-OH is 3. The molecule has 0 bridgehead atoms. The van der Waals surface area contributed by atoms with Crippen LogP contribution >= 0.6 is 7.82 Å². The van der Waals surface area contributed by atoms with E-state index >= 15 is 0 Å². The molecule has 0 saturated carbocycles. The Morgan fingerprint density at radius 3 is 1.84 bits per heavy atom. The van der Waals surface area contributed by atoms with Crippen LogP contribution in [0, 0.1) is 0 Å². The van der Waals surface area contributed by atoms with Gasteiger partial charge < -0.3 is 44.1 Å². The molecule has 9 nitrogen and oxygen atoms in total. The molecule has 96 valence electrons. The van der Waals surface area contributed by atoms with Gasteiger partial charge in [0.15, 0.2) is 0 Å². The van der Waals surface area contributed by atoms with Crippen LogP contribution in [0.15, 0.2) is 0 Å². The SMILES string of the molecule is O=C([O-])C[C@@H](O)[C@H](O)[C@H](O)COP(=O)([O-])[O-].[K+].[K+].[K+]. The summed E-state index contributed by atoms with van der Waals surface area (Å²) in [5, 5.41) is 37.1. The molecule has 0 saturated heterocycles. The summed E-state index contributed by atoms with van der Waals surface area (Å²) in [6, 6.07) is 0. The Kier molecular flexibility index (Phi) is 26.0. The number of phosphoric ester groups is 1. The van der Waals surface area contributed by atoms with Crippen LogP contribution in [0.5, 0.6) is 0 Å². The van der Waals surface area contributed by atoms with Crippen LogP contribution < -0.4 is 169 Å². The zero-order valence-corrected chi connectivity index (χ0v) is 21.1. The van der Waals surface area contributed by atoms with E-state index in [0.29, 0.717) is 0 Å².